The lowest BCUT2D eigenvalue weighted by atomic mass is 10.1. The predicted octanol–water partition coefficient (Wildman–Crippen LogP) is 2.78. The van der Waals surface area contributed by atoms with Crippen LogP contribution in [0.25, 0.3) is 0 Å². The Morgan fingerprint density at radius 1 is 0.812 bits per heavy atom. The molecule has 0 heterocycles. The van der Waals surface area contributed by atoms with Crippen LogP contribution in [0.1, 0.15) is 52.4 Å². The maximum absolute atomic E-state index is 9.95. The summed E-state index contributed by atoms with van der Waals surface area (Å²) in [5.41, 5.74) is 0. The molecule has 0 aliphatic carbocycles. The first-order valence-corrected chi connectivity index (χ1v) is 5.84. The van der Waals surface area contributed by atoms with Gasteiger partial charge in [-0.3, -0.25) is 0 Å². The summed E-state index contributed by atoms with van der Waals surface area (Å²) in [5, 5.41) is 0. The first-order valence-electron chi connectivity index (χ1n) is 5.84. The van der Waals surface area contributed by atoms with E-state index in [0.717, 1.165) is 38.5 Å². The minimum atomic E-state index is 0.0936. The largest absolute Gasteiger partial charge is 0.235 e. The third-order valence-electron chi connectivity index (χ3n) is 2.54. The monoisotopic (exact) mass is 224 g/mol. The molecule has 0 aromatic heterocycles. The molecule has 0 bridgehead atoms. The van der Waals surface area contributed by atoms with Gasteiger partial charge in [-0.25, -0.2) is 19.6 Å². The molecule has 2 unspecified atom stereocenters. The Morgan fingerprint density at radius 2 is 1.19 bits per heavy atom. The zero-order chi connectivity index (χ0) is 12.2. The first-order chi connectivity index (χ1) is 7.70. The van der Waals surface area contributed by atoms with Crippen molar-refractivity contribution in [1.82, 2.24) is 0 Å². The summed E-state index contributed by atoms with van der Waals surface area (Å²) in [6.45, 7) is 3.84. The Morgan fingerprint density at radius 3 is 1.50 bits per heavy atom. The summed E-state index contributed by atoms with van der Waals surface area (Å²) in [5.74, 6) is 0. The molecule has 0 aromatic rings. The lowest BCUT2D eigenvalue weighted by molar-refractivity contribution is 0.523. The van der Waals surface area contributed by atoms with E-state index in [1.54, 1.807) is 12.2 Å². The maximum atomic E-state index is 9.95. The number of unbranched alkanes of at least 4 members (excludes halogenated alkanes) is 3. The summed E-state index contributed by atoms with van der Waals surface area (Å²) in [6, 6.07) is 0.187. The van der Waals surface area contributed by atoms with Crippen molar-refractivity contribution < 1.29 is 9.59 Å². The van der Waals surface area contributed by atoms with Crippen molar-refractivity contribution in [2.24, 2.45) is 9.98 Å². The Hall–Kier alpha value is -1.24. The van der Waals surface area contributed by atoms with Gasteiger partial charge >= 0.3 is 0 Å². The van der Waals surface area contributed by atoms with E-state index in [1.165, 1.54) is 0 Å². The fraction of sp³-hybridized carbons (Fsp3) is 0.833. The van der Waals surface area contributed by atoms with Gasteiger partial charge < -0.3 is 0 Å². The van der Waals surface area contributed by atoms with E-state index in [4.69, 9.17) is 0 Å². The van der Waals surface area contributed by atoms with Gasteiger partial charge in [-0.15, -0.1) is 0 Å². The van der Waals surface area contributed by atoms with E-state index in [-0.39, 0.29) is 12.1 Å². The summed E-state index contributed by atoms with van der Waals surface area (Å²) >= 11 is 0. The van der Waals surface area contributed by atoms with Crippen LogP contribution >= 0.6 is 0 Å². The van der Waals surface area contributed by atoms with Crippen molar-refractivity contribution in [2.75, 3.05) is 0 Å². The van der Waals surface area contributed by atoms with Crippen molar-refractivity contribution in [1.29, 1.82) is 0 Å². The summed E-state index contributed by atoms with van der Waals surface area (Å²) in [4.78, 5) is 27.2. The number of nitrogens with zero attached hydrogens (tertiary/aromatic N) is 2. The minimum absolute atomic E-state index is 0.0936. The molecule has 0 aliphatic rings. The molecular weight excluding hydrogens is 204 g/mol. The number of hydrogen-bond donors (Lipinski definition) is 0. The first kappa shape index (κ1) is 14.8. The average molecular weight is 224 g/mol. The van der Waals surface area contributed by atoms with Crippen molar-refractivity contribution in [3.8, 4) is 0 Å². The smallest absolute Gasteiger partial charge is 0.211 e. The average Bonchev–Trinajstić information content (AvgIpc) is 2.24. The third kappa shape index (κ3) is 9.32. The summed E-state index contributed by atoms with van der Waals surface area (Å²) < 4.78 is 0. The lowest BCUT2D eigenvalue weighted by Crippen LogP contribution is -1.98. The van der Waals surface area contributed by atoms with Crippen LogP contribution in [0.2, 0.25) is 0 Å². The summed E-state index contributed by atoms with van der Waals surface area (Å²) in [7, 11) is 0. The fourth-order valence-corrected chi connectivity index (χ4v) is 1.54. The van der Waals surface area contributed by atoms with E-state index in [0.29, 0.717) is 0 Å². The van der Waals surface area contributed by atoms with Crippen molar-refractivity contribution >= 4 is 12.2 Å². The molecule has 0 amide bonds. The van der Waals surface area contributed by atoms with E-state index in [2.05, 4.69) is 9.98 Å². The van der Waals surface area contributed by atoms with Gasteiger partial charge in [0.1, 0.15) is 0 Å². The number of carbonyl (C=O) groups excluding carboxylic acids is 2. The second-order valence-electron chi connectivity index (χ2n) is 4.13. The van der Waals surface area contributed by atoms with Crippen LogP contribution in [0, 0.1) is 0 Å². The predicted molar refractivity (Wildman–Crippen MR) is 62.9 cm³/mol. The SMILES string of the molecule is CC(CCCCCCC(C)N=C=O)N=C=O. The molecule has 0 rings (SSSR count). The highest BCUT2D eigenvalue weighted by molar-refractivity contribution is 5.33. The van der Waals surface area contributed by atoms with E-state index in [9.17, 15) is 9.59 Å². The fourth-order valence-electron chi connectivity index (χ4n) is 1.54. The van der Waals surface area contributed by atoms with E-state index in [1.807, 2.05) is 13.8 Å². The molecule has 90 valence electrons. The number of rotatable bonds is 9. The van der Waals surface area contributed by atoms with Crippen molar-refractivity contribution in [3.63, 3.8) is 0 Å². The standard InChI is InChI=1S/C12H20N2O2/c1-11(13-9-15)7-5-3-4-6-8-12(2)14-10-16/h11-12H,3-8H2,1-2H3. The van der Waals surface area contributed by atoms with Gasteiger partial charge in [0.25, 0.3) is 0 Å². The van der Waals surface area contributed by atoms with Gasteiger partial charge in [0.15, 0.2) is 0 Å². The molecule has 0 radical (unpaired) electrons. The highest BCUT2D eigenvalue weighted by atomic mass is 16.1. The lowest BCUT2D eigenvalue weighted by Gasteiger charge is -2.05. The van der Waals surface area contributed by atoms with Gasteiger partial charge in [-0.2, -0.15) is 0 Å². The Balaban J connectivity index is 3.33. The molecule has 0 aromatic carbocycles. The zero-order valence-electron chi connectivity index (χ0n) is 10.1. The molecule has 0 N–H and O–H groups in total. The van der Waals surface area contributed by atoms with Crippen LogP contribution in [0.15, 0.2) is 9.98 Å². The van der Waals surface area contributed by atoms with Gasteiger partial charge in [-0.1, -0.05) is 25.7 Å². The van der Waals surface area contributed by atoms with Crippen LogP contribution in [0.4, 0.5) is 0 Å². The van der Waals surface area contributed by atoms with Crippen LogP contribution in [0.5, 0.6) is 0 Å². The van der Waals surface area contributed by atoms with Gasteiger partial charge in [0.05, 0.1) is 12.1 Å². The Labute approximate surface area is 96.9 Å². The van der Waals surface area contributed by atoms with Crippen molar-refractivity contribution in [2.45, 2.75) is 64.5 Å². The zero-order valence-corrected chi connectivity index (χ0v) is 10.1. The van der Waals surface area contributed by atoms with Gasteiger partial charge in [-0.05, 0) is 26.7 Å². The number of hydrogen-bond acceptors (Lipinski definition) is 4. The second-order valence-corrected chi connectivity index (χ2v) is 4.13. The van der Waals surface area contributed by atoms with Crippen LogP contribution < -0.4 is 0 Å². The van der Waals surface area contributed by atoms with Crippen LogP contribution in [-0.4, -0.2) is 24.2 Å². The third-order valence-corrected chi connectivity index (χ3v) is 2.54. The molecule has 0 saturated carbocycles. The number of isocyanates is 2. The van der Waals surface area contributed by atoms with Crippen LogP contribution in [-0.2, 0) is 9.59 Å². The molecule has 0 spiro atoms. The molecule has 0 fully saturated rings. The molecule has 0 saturated heterocycles. The molecule has 2 atom stereocenters. The molecule has 4 nitrogen and oxygen atoms in total. The normalized spacial score (nSPS) is 13.4. The topological polar surface area (TPSA) is 58.9 Å². The molecule has 16 heavy (non-hydrogen) atoms. The molecule has 0 aliphatic heterocycles. The second kappa shape index (κ2) is 10.3. The number of aliphatic imine (C=N–C) groups is 2. The van der Waals surface area contributed by atoms with Gasteiger partial charge in [0, 0.05) is 0 Å². The maximum Gasteiger partial charge on any atom is 0.235 e. The van der Waals surface area contributed by atoms with E-state index >= 15 is 0 Å². The Bertz CT molecular complexity index is 238. The highest BCUT2D eigenvalue weighted by Crippen LogP contribution is 2.10. The van der Waals surface area contributed by atoms with Crippen LogP contribution in [0.3, 0.4) is 0 Å². The molecule has 4 heteroatoms. The quantitative estimate of drug-likeness (QED) is 0.343. The highest BCUT2D eigenvalue weighted by Gasteiger charge is 2.00. The minimum Gasteiger partial charge on any atom is -0.211 e. The van der Waals surface area contributed by atoms with Gasteiger partial charge in [0.2, 0.25) is 12.2 Å². The van der Waals surface area contributed by atoms with E-state index < -0.39 is 0 Å². The summed E-state index contributed by atoms with van der Waals surface area (Å²) in [6.07, 6.45) is 9.47. The Kier molecular flexibility index (Phi) is 9.49. The molecular formula is C12H20N2O2. The van der Waals surface area contributed by atoms with Crippen molar-refractivity contribution in [3.05, 3.63) is 0 Å².